The van der Waals surface area contributed by atoms with Gasteiger partial charge >= 0.3 is 5.69 Å². The van der Waals surface area contributed by atoms with E-state index < -0.39 is 11.2 Å². The number of aromatic nitrogens is 2. The van der Waals surface area contributed by atoms with Gasteiger partial charge < -0.3 is 10.6 Å². The van der Waals surface area contributed by atoms with E-state index in [0.29, 0.717) is 12.6 Å². The van der Waals surface area contributed by atoms with Crippen LogP contribution in [0.25, 0.3) is 0 Å². The number of rotatable bonds is 4. The number of H-pyrrole nitrogens is 1. The zero-order valence-corrected chi connectivity index (χ0v) is 9.27. The molecule has 0 amide bonds. The molecule has 0 radical (unpaired) electrons. The lowest BCUT2D eigenvalue weighted by molar-refractivity contribution is 0.307. The summed E-state index contributed by atoms with van der Waals surface area (Å²) in [7, 11) is 2.03. The maximum absolute atomic E-state index is 11.5. The number of hydrogen-bond acceptors (Lipinski definition) is 4. The van der Waals surface area contributed by atoms with E-state index in [2.05, 4.69) is 9.88 Å². The number of hydrogen-bond donors (Lipinski definition) is 2. The molecule has 2 rings (SSSR count). The van der Waals surface area contributed by atoms with Gasteiger partial charge in [0, 0.05) is 25.2 Å². The molecule has 0 bridgehead atoms. The molecule has 88 valence electrons. The number of nitrogen functional groups attached to an aromatic ring is 1. The maximum atomic E-state index is 11.5. The van der Waals surface area contributed by atoms with Crippen LogP contribution < -0.4 is 17.0 Å². The van der Waals surface area contributed by atoms with Crippen molar-refractivity contribution < 1.29 is 0 Å². The summed E-state index contributed by atoms with van der Waals surface area (Å²) >= 11 is 0. The third kappa shape index (κ3) is 2.33. The molecule has 0 atom stereocenters. The zero-order chi connectivity index (χ0) is 11.7. The highest BCUT2D eigenvalue weighted by Crippen LogP contribution is 2.24. The third-order valence-electron chi connectivity index (χ3n) is 2.91. The van der Waals surface area contributed by atoms with Gasteiger partial charge in [-0.1, -0.05) is 0 Å². The van der Waals surface area contributed by atoms with E-state index in [9.17, 15) is 9.59 Å². The summed E-state index contributed by atoms with van der Waals surface area (Å²) < 4.78 is 1.39. The molecule has 16 heavy (non-hydrogen) atoms. The first-order valence-corrected chi connectivity index (χ1v) is 5.38. The number of anilines is 1. The third-order valence-corrected chi connectivity index (χ3v) is 2.91. The van der Waals surface area contributed by atoms with E-state index in [1.54, 1.807) is 0 Å². The van der Waals surface area contributed by atoms with E-state index in [4.69, 9.17) is 5.73 Å². The van der Waals surface area contributed by atoms with Gasteiger partial charge in [0.05, 0.1) is 0 Å². The van der Waals surface area contributed by atoms with Crippen LogP contribution in [0.15, 0.2) is 15.7 Å². The fourth-order valence-electron chi connectivity index (χ4n) is 1.72. The first-order valence-electron chi connectivity index (χ1n) is 5.38. The van der Waals surface area contributed by atoms with Crippen LogP contribution in [0.1, 0.15) is 12.8 Å². The molecule has 1 aromatic rings. The molecule has 0 aliphatic heterocycles. The summed E-state index contributed by atoms with van der Waals surface area (Å²) in [5, 5.41) is 0. The minimum Gasteiger partial charge on any atom is -0.385 e. The molecular weight excluding hydrogens is 208 g/mol. The van der Waals surface area contributed by atoms with Crippen LogP contribution in [0.3, 0.4) is 0 Å². The fraction of sp³-hybridized carbons (Fsp3) is 0.600. The first-order chi connectivity index (χ1) is 7.58. The fourth-order valence-corrected chi connectivity index (χ4v) is 1.72. The number of nitrogens with two attached hydrogens (primary N) is 1. The SMILES string of the molecule is CN(CCn1c(N)cc(=O)[nH]c1=O)C1CC1. The molecule has 0 aromatic carbocycles. The van der Waals surface area contributed by atoms with E-state index in [0.717, 1.165) is 6.54 Å². The second kappa shape index (κ2) is 4.13. The van der Waals surface area contributed by atoms with E-state index in [-0.39, 0.29) is 5.82 Å². The Kier molecular flexibility index (Phi) is 2.82. The average Bonchev–Trinajstić information content (AvgIpc) is 2.98. The highest BCUT2D eigenvalue weighted by Gasteiger charge is 2.25. The van der Waals surface area contributed by atoms with Gasteiger partial charge in [-0.3, -0.25) is 14.3 Å². The van der Waals surface area contributed by atoms with Gasteiger partial charge in [-0.2, -0.15) is 0 Å². The van der Waals surface area contributed by atoms with E-state index >= 15 is 0 Å². The molecule has 1 saturated carbocycles. The standard InChI is InChI=1S/C10H16N4O2/c1-13(7-2-3-7)4-5-14-8(11)6-9(15)12-10(14)16/h6-7H,2-5,11H2,1H3,(H,12,15,16). The number of aromatic amines is 1. The topological polar surface area (TPSA) is 84.1 Å². The van der Waals surface area contributed by atoms with Crippen molar-refractivity contribution in [3.63, 3.8) is 0 Å². The van der Waals surface area contributed by atoms with Gasteiger partial charge in [-0.25, -0.2) is 4.79 Å². The van der Waals surface area contributed by atoms with E-state index in [1.807, 2.05) is 7.05 Å². The molecular formula is C10H16N4O2. The van der Waals surface area contributed by atoms with Crippen LogP contribution in [0, 0.1) is 0 Å². The Morgan fingerprint density at radius 1 is 1.56 bits per heavy atom. The lowest BCUT2D eigenvalue weighted by atomic mass is 10.4. The molecule has 6 nitrogen and oxygen atoms in total. The van der Waals surface area contributed by atoms with Gasteiger partial charge in [-0.05, 0) is 19.9 Å². The Morgan fingerprint density at radius 3 is 2.81 bits per heavy atom. The van der Waals surface area contributed by atoms with Crippen LogP contribution in [0.2, 0.25) is 0 Å². The predicted molar refractivity (Wildman–Crippen MR) is 61.4 cm³/mol. The molecule has 1 fully saturated rings. The minimum absolute atomic E-state index is 0.220. The van der Waals surface area contributed by atoms with Crippen molar-refractivity contribution in [2.45, 2.75) is 25.4 Å². The van der Waals surface area contributed by atoms with Crippen LogP contribution in [-0.4, -0.2) is 34.1 Å². The molecule has 3 N–H and O–H groups in total. The summed E-state index contributed by atoms with van der Waals surface area (Å²) in [6.45, 7) is 1.27. The van der Waals surface area contributed by atoms with Crippen molar-refractivity contribution >= 4 is 5.82 Å². The number of nitrogens with zero attached hydrogens (tertiary/aromatic N) is 2. The second-order valence-corrected chi connectivity index (χ2v) is 4.23. The molecule has 1 aliphatic carbocycles. The lowest BCUT2D eigenvalue weighted by Crippen LogP contribution is -2.35. The highest BCUT2D eigenvalue weighted by molar-refractivity contribution is 5.26. The molecule has 0 saturated heterocycles. The number of likely N-dealkylation sites (N-methyl/N-ethyl adjacent to an activating group) is 1. The summed E-state index contributed by atoms with van der Waals surface area (Å²) in [4.78, 5) is 26.8. The maximum Gasteiger partial charge on any atom is 0.329 e. The minimum atomic E-state index is -0.450. The van der Waals surface area contributed by atoms with Crippen LogP contribution in [0.4, 0.5) is 5.82 Å². The van der Waals surface area contributed by atoms with Crippen LogP contribution in [-0.2, 0) is 6.54 Å². The first kappa shape index (κ1) is 10.9. The van der Waals surface area contributed by atoms with E-state index in [1.165, 1.54) is 23.5 Å². The average molecular weight is 224 g/mol. The van der Waals surface area contributed by atoms with Crippen molar-refractivity contribution in [1.29, 1.82) is 0 Å². The van der Waals surface area contributed by atoms with Gasteiger partial charge in [0.2, 0.25) is 0 Å². The zero-order valence-electron chi connectivity index (χ0n) is 9.27. The second-order valence-electron chi connectivity index (χ2n) is 4.23. The summed E-state index contributed by atoms with van der Waals surface area (Å²) in [5.41, 5.74) is 4.74. The molecule has 1 aromatic heterocycles. The van der Waals surface area contributed by atoms with Crippen molar-refractivity contribution in [2.24, 2.45) is 0 Å². The normalized spacial score (nSPS) is 15.6. The van der Waals surface area contributed by atoms with Crippen molar-refractivity contribution in [3.8, 4) is 0 Å². The monoisotopic (exact) mass is 224 g/mol. The Hall–Kier alpha value is -1.56. The van der Waals surface area contributed by atoms with Crippen LogP contribution in [0.5, 0.6) is 0 Å². The molecule has 0 spiro atoms. The predicted octanol–water partition coefficient (Wildman–Crippen LogP) is -0.787. The van der Waals surface area contributed by atoms with Crippen LogP contribution >= 0.6 is 0 Å². The Labute approximate surface area is 92.7 Å². The molecule has 0 unspecified atom stereocenters. The molecule has 1 aliphatic rings. The Morgan fingerprint density at radius 2 is 2.25 bits per heavy atom. The summed E-state index contributed by atoms with van der Waals surface area (Å²) in [5.74, 6) is 0.220. The lowest BCUT2D eigenvalue weighted by Gasteiger charge is -2.16. The highest BCUT2D eigenvalue weighted by atomic mass is 16.2. The largest absolute Gasteiger partial charge is 0.385 e. The van der Waals surface area contributed by atoms with Gasteiger partial charge in [0.1, 0.15) is 5.82 Å². The summed E-state index contributed by atoms with van der Waals surface area (Å²) in [6.07, 6.45) is 2.46. The molecule has 1 heterocycles. The Balaban J connectivity index is 2.08. The van der Waals surface area contributed by atoms with Crippen molar-refractivity contribution in [1.82, 2.24) is 14.5 Å². The Bertz CT molecular complexity index is 486. The quantitative estimate of drug-likeness (QED) is 0.702. The van der Waals surface area contributed by atoms with Gasteiger partial charge in [0.25, 0.3) is 5.56 Å². The molecule has 6 heteroatoms. The van der Waals surface area contributed by atoms with Crippen molar-refractivity contribution in [3.05, 3.63) is 26.9 Å². The smallest absolute Gasteiger partial charge is 0.329 e. The van der Waals surface area contributed by atoms with Gasteiger partial charge in [-0.15, -0.1) is 0 Å². The summed E-state index contributed by atoms with van der Waals surface area (Å²) in [6, 6.07) is 1.89. The number of nitrogens with one attached hydrogen (secondary N) is 1. The van der Waals surface area contributed by atoms with Crippen molar-refractivity contribution in [2.75, 3.05) is 19.3 Å². The van der Waals surface area contributed by atoms with Gasteiger partial charge in [0.15, 0.2) is 0 Å².